The first-order valence-corrected chi connectivity index (χ1v) is 7.25. The van der Waals surface area contributed by atoms with Crippen LogP contribution in [0.15, 0.2) is 18.2 Å². The van der Waals surface area contributed by atoms with Gasteiger partial charge < -0.3 is 11.1 Å². The largest absolute Gasteiger partial charge is 0.329 e. The minimum atomic E-state index is 0.418. The Morgan fingerprint density at radius 1 is 1.17 bits per heavy atom. The second kappa shape index (κ2) is 6.35. The van der Waals surface area contributed by atoms with Crippen LogP contribution in [0.4, 0.5) is 0 Å². The summed E-state index contributed by atoms with van der Waals surface area (Å²) in [5.41, 5.74) is 10.3. The molecule has 1 aliphatic carbocycles. The molecule has 1 aromatic carbocycles. The van der Waals surface area contributed by atoms with Crippen molar-refractivity contribution >= 4 is 0 Å². The third-order valence-electron chi connectivity index (χ3n) is 4.04. The van der Waals surface area contributed by atoms with Gasteiger partial charge in [-0.1, -0.05) is 32.0 Å². The van der Waals surface area contributed by atoms with Crippen molar-refractivity contribution in [1.29, 1.82) is 0 Å². The van der Waals surface area contributed by atoms with Gasteiger partial charge in [0.25, 0.3) is 0 Å². The van der Waals surface area contributed by atoms with Crippen LogP contribution in [0, 0.1) is 5.92 Å². The average molecular weight is 246 g/mol. The number of benzene rings is 1. The Balaban J connectivity index is 1.97. The Morgan fingerprint density at radius 3 is 2.56 bits per heavy atom. The molecule has 18 heavy (non-hydrogen) atoms. The van der Waals surface area contributed by atoms with Gasteiger partial charge in [-0.15, -0.1) is 0 Å². The Hall–Kier alpha value is -0.860. The number of rotatable bonds is 5. The van der Waals surface area contributed by atoms with Crippen molar-refractivity contribution < 1.29 is 0 Å². The van der Waals surface area contributed by atoms with E-state index in [2.05, 4.69) is 37.4 Å². The van der Waals surface area contributed by atoms with E-state index in [1.165, 1.54) is 31.2 Å². The average Bonchev–Trinajstić information content (AvgIpc) is 2.39. The van der Waals surface area contributed by atoms with Crippen molar-refractivity contribution in [3.63, 3.8) is 0 Å². The van der Waals surface area contributed by atoms with Gasteiger partial charge in [0.05, 0.1) is 0 Å². The molecule has 0 saturated carbocycles. The quantitative estimate of drug-likeness (QED) is 0.838. The first-order valence-electron chi connectivity index (χ1n) is 7.25. The van der Waals surface area contributed by atoms with Crippen molar-refractivity contribution in [2.45, 2.75) is 52.1 Å². The van der Waals surface area contributed by atoms with Crippen LogP contribution >= 0.6 is 0 Å². The van der Waals surface area contributed by atoms with Crippen molar-refractivity contribution in [3.05, 3.63) is 34.9 Å². The third kappa shape index (κ3) is 3.33. The van der Waals surface area contributed by atoms with E-state index >= 15 is 0 Å². The zero-order valence-corrected chi connectivity index (χ0v) is 11.7. The Morgan fingerprint density at radius 2 is 1.89 bits per heavy atom. The van der Waals surface area contributed by atoms with Crippen LogP contribution in [0.3, 0.4) is 0 Å². The molecule has 1 unspecified atom stereocenters. The highest BCUT2D eigenvalue weighted by Gasteiger charge is 2.12. The maximum absolute atomic E-state index is 5.79. The molecular weight excluding hydrogens is 220 g/mol. The SMILES string of the molecule is CC(C)C(CN)NCc1ccc2c(c1)CCCC2. The minimum absolute atomic E-state index is 0.418. The molecule has 0 bridgehead atoms. The summed E-state index contributed by atoms with van der Waals surface area (Å²) in [4.78, 5) is 0. The van der Waals surface area contributed by atoms with Gasteiger partial charge in [0.15, 0.2) is 0 Å². The van der Waals surface area contributed by atoms with Crippen LogP contribution in [0.2, 0.25) is 0 Å². The topological polar surface area (TPSA) is 38.0 Å². The molecule has 0 amide bonds. The maximum Gasteiger partial charge on any atom is 0.0216 e. The van der Waals surface area contributed by atoms with Crippen LogP contribution in [-0.2, 0) is 19.4 Å². The molecule has 2 heteroatoms. The number of nitrogens with one attached hydrogen (secondary N) is 1. The first-order chi connectivity index (χ1) is 8.70. The molecule has 1 aliphatic rings. The number of hydrogen-bond donors (Lipinski definition) is 2. The molecule has 0 radical (unpaired) electrons. The fourth-order valence-corrected chi connectivity index (χ4v) is 2.74. The normalized spacial score (nSPS) is 16.7. The fraction of sp³-hybridized carbons (Fsp3) is 0.625. The summed E-state index contributed by atoms with van der Waals surface area (Å²) in [5.74, 6) is 0.590. The second-order valence-electron chi connectivity index (χ2n) is 5.78. The van der Waals surface area contributed by atoms with E-state index in [0.29, 0.717) is 18.5 Å². The van der Waals surface area contributed by atoms with Crippen molar-refractivity contribution in [3.8, 4) is 0 Å². The summed E-state index contributed by atoms with van der Waals surface area (Å²) >= 11 is 0. The van der Waals surface area contributed by atoms with Gasteiger partial charge in [-0.05, 0) is 48.3 Å². The summed E-state index contributed by atoms with van der Waals surface area (Å²) < 4.78 is 0. The molecule has 1 atom stereocenters. The number of nitrogens with two attached hydrogens (primary N) is 1. The van der Waals surface area contributed by atoms with Gasteiger partial charge in [0, 0.05) is 19.1 Å². The van der Waals surface area contributed by atoms with Crippen LogP contribution in [0.25, 0.3) is 0 Å². The fourth-order valence-electron chi connectivity index (χ4n) is 2.74. The van der Waals surface area contributed by atoms with Gasteiger partial charge in [0.1, 0.15) is 0 Å². The molecule has 0 fully saturated rings. The molecule has 1 aromatic rings. The van der Waals surface area contributed by atoms with E-state index in [1.54, 1.807) is 11.1 Å². The standard InChI is InChI=1S/C16H26N2/c1-12(2)16(10-17)18-11-13-7-8-14-5-3-4-6-15(14)9-13/h7-9,12,16,18H,3-6,10-11,17H2,1-2H3. The van der Waals surface area contributed by atoms with E-state index < -0.39 is 0 Å². The number of aryl methyl sites for hydroxylation is 2. The summed E-state index contributed by atoms with van der Waals surface area (Å²) in [6.45, 7) is 6.09. The van der Waals surface area contributed by atoms with Gasteiger partial charge in [0.2, 0.25) is 0 Å². The molecule has 0 saturated heterocycles. The van der Waals surface area contributed by atoms with Gasteiger partial charge >= 0.3 is 0 Å². The lowest BCUT2D eigenvalue weighted by Gasteiger charge is -2.21. The number of fused-ring (bicyclic) bond motifs is 1. The smallest absolute Gasteiger partial charge is 0.0216 e. The van der Waals surface area contributed by atoms with Crippen molar-refractivity contribution in [1.82, 2.24) is 5.32 Å². The lowest BCUT2D eigenvalue weighted by Crippen LogP contribution is -2.39. The molecule has 2 nitrogen and oxygen atoms in total. The van der Waals surface area contributed by atoms with Crippen LogP contribution in [0.5, 0.6) is 0 Å². The van der Waals surface area contributed by atoms with Crippen LogP contribution in [-0.4, -0.2) is 12.6 Å². The summed E-state index contributed by atoms with van der Waals surface area (Å²) in [7, 11) is 0. The zero-order chi connectivity index (χ0) is 13.0. The van der Waals surface area contributed by atoms with E-state index in [9.17, 15) is 0 Å². The second-order valence-corrected chi connectivity index (χ2v) is 5.78. The molecule has 0 heterocycles. The van der Waals surface area contributed by atoms with E-state index in [4.69, 9.17) is 5.73 Å². The molecule has 3 N–H and O–H groups in total. The molecule has 0 aliphatic heterocycles. The Bertz CT molecular complexity index is 385. The third-order valence-corrected chi connectivity index (χ3v) is 4.04. The van der Waals surface area contributed by atoms with Gasteiger partial charge in [-0.3, -0.25) is 0 Å². The zero-order valence-electron chi connectivity index (χ0n) is 11.7. The van der Waals surface area contributed by atoms with Crippen molar-refractivity contribution in [2.75, 3.05) is 6.54 Å². The summed E-state index contributed by atoms with van der Waals surface area (Å²) in [5, 5.41) is 3.57. The monoisotopic (exact) mass is 246 g/mol. The predicted molar refractivity (Wildman–Crippen MR) is 77.6 cm³/mol. The highest BCUT2D eigenvalue weighted by molar-refractivity contribution is 5.33. The van der Waals surface area contributed by atoms with E-state index in [1.807, 2.05) is 0 Å². The highest BCUT2D eigenvalue weighted by Crippen LogP contribution is 2.22. The first kappa shape index (κ1) is 13.6. The van der Waals surface area contributed by atoms with E-state index in [-0.39, 0.29) is 0 Å². The van der Waals surface area contributed by atoms with Gasteiger partial charge in [-0.2, -0.15) is 0 Å². The highest BCUT2D eigenvalue weighted by atomic mass is 14.9. The Labute approximate surface area is 111 Å². The van der Waals surface area contributed by atoms with Crippen molar-refractivity contribution in [2.24, 2.45) is 11.7 Å². The molecule has 0 aromatic heterocycles. The molecular formula is C16H26N2. The summed E-state index contributed by atoms with van der Waals surface area (Å²) in [6.07, 6.45) is 5.22. The van der Waals surface area contributed by atoms with E-state index in [0.717, 1.165) is 6.54 Å². The van der Waals surface area contributed by atoms with Gasteiger partial charge in [-0.25, -0.2) is 0 Å². The Kier molecular flexibility index (Phi) is 4.79. The lowest BCUT2D eigenvalue weighted by molar-refractivity contribution is 0.405. The predicted octanol–water partition coefficient (Wildman–Crippen LogP) is 2.64. The lowest BCUT2D eigenvalue weighted by atomic mass is 9.90. The minimum Gasteiger partial charge on any atom is -0.329 e. The number of hydrogen-bond acceptors (Lipinski definition) is 2. The maximum atomic E-state index is 5.79. The molecule has 2 rings (SSSR count). The van der Waals surface area contributed by atoms with Crippen LogP contribution in [0.1, 0.15) is 43.4 Å². The summed E-state index contributed by atoms with van der Waals surface area (Å²) in [6, 6.07) is 7.39. The molecule has 0 spiro atoms. The molecule has 100 valence electrons. The van der Waals surface area contributed by atoms with Crippen LogP contribution < -0.4 is 11.1 Å².